The number of carbonyl (C=O) groups excluding carboxylic acids is 2. The van der Waals surface area contributed by atoms with Crippen molar-refractivity contribution in [2.45, 2.75) is 18.7 Å². The van der Waals surface area contributed by atoms with E-state index in [1.54, 1.807) is 12.1 Å². The van der Waals surface area contributed by atoms with Crippen LogP contribution in [0.3, 0.4) is 0 Å². The van der Waals surface area contributed by atoms with Crippen molar-refractivity contribution in [3.8, 4) is 5.75 Å². The molecule has 2 amide bonds. The molecule has 3 N–H and O–H groups in total. The van der Waals surface area contributed by atoms with E-state index in [0.29, 0.717) is 12.4 Å². The van der Waals surface area contributed by atoms with Crippen LogP contribution in [0.15, 0.2) is 53.4 Å². The fourth-order valence-electron chi connectivity index (χ4n) is 2.33. The van der Waals surface area contributed by atoms with Crippen molar-refractivity contribution >= 4 is 21.8 Å². The summed E-state index contributed by atoms with van der Waals surface area (Å²) in [7, 11) is -3.79. The number of hydrogen-bond donors (Lipinski definition) is 3. The molecule has 0 aromatic heterocycles. The van der Waals surface area contributed by atoms with Crippen molar-refractivity contribution in [3.63, 3.8) is 0 Å². The summed E-state index contributed by atoms with van der Waals surface area (Å²) in [5.41, 5.74) is 2.00. The van der Waals surface area contributed by atoms with Crippen LogP contribution in [-0.2, 0) is 19.6 Å². The van der Waals surface area contributed by atoms with E-state index in [1.807, 2.05) is 38.1 Å². The molecule has 0 atom stereocenters. The minimum atomic E-state index is -3.79. The van der Waals surface area contributed by atoms with Crippen LogP contribution in [-0.4, -0.2) is 46.5 Å². The number of rotatable bonds is 10. The van der Waals surface area contributed by atoms with E-state index in [4.69, 9.17) is 4.74 Å². The average molecular weight is 420 g/mol. The first-order valence-corrected chi connectivity index (χ1v) is 10.5. The normalized spacial score (nSPS) is 11.0. The van der Waals surface area contributed by atoms with Gasteiger partial charge in [0.15, 0.2) is 0 Å². The number of aryl methyl sites for hydroxylation is 2. The molecule has 0 radical (unpaired) electrons. The molecule has 2 aromatic rings. The third-order valence-electron chi connectivity index (χ3n) is 3.88. The summed E-state index contributed by atoms with van der Waals surface area (Å²) in [6.45, 7) is 3.66. The third-order valence-corrected chi connectivity index (χ3v) is 5.30. The summed E-state index contributed by atoms with van der Waals surface area (Å²) in [6, 6.07) is 13.8. The maximum absolute atomic E-state index is 12.1. The number of hydrogen-bond acceptors (Lipinski definition) is 5. The molecule has 29 heavy (non-hydrogen) atoms. The lowest BCUT2D eigenvalue weighted by Crippen LogP contribution is -2.42. The predicted molar refractivity (Wildman–Crippen MR) is 109 cm³/mol. The van der Waals surface area contributed by atoms with Crippen molar-refractivity contribution in [3.05, 3.63) is 59.7 Å². The maximum atomic E-state index is 12.1. The molecule has 0 heterocycles. The van der Waals surface area contributed by atoms with E-state index >= 15 is 0 Å². The second kappa shape index (κ2) is 10.6. The highest BCUT2D eigenvalue weighted by atomic mass is 32.2. The first-order valence-electron chi connectivity index (χ1n) is 9.05. The number of amides is 2. The number of benzene rings is 2. The van der Waals surface area contributed by atoms with Crippen LogP contribution in [0, 0.1) is 13.8 Å². The van der Waals surface area contributed by atoms with E-state index < -0.39 is 28.4 Å². The standard InChI is InChI=1S/C20H25N3O5S/c1-15-6-8-18(9-7-15)29(26,27)23-14-20(25)22-13-19(24)21-10-11-28-17-5-3-4-16(2)12-17/h3-9,12,23H,10-11,13-14H2,1-2H3,(H,21,24)(H,22,25). The molecule has 9 heteroatoms. The highest BCUT2D eigenvalue weighted by Gasteiger charge is 2.15. The summed E-state index contributed by atoms with van der Waals surface area (Å²) in [4.78, 5) is 23.6. The molecular formula is C20H25N3O5S. The predicted octanol–water partition coefficient (Wildman–Crippen LogP) is 0.893. The largest absolute Gasteiger partial charge is 0.492 e. The molecule has 0 aliphatic carbocycles. The van der Waals surface area contributed by atoms with Crippen molar-refractivity contribution in [2.24, 2.45) is 0 Å². The third kappa shape index (κ3) is 7.92. The lowest BCUT2D eigenvalue weighted by atomic mass is 10.2. The molecule has 0 aliphatic heterocycles. The lowest BCUT2D eigenvalue weighted by Gasteiger charge is -2.10. The Morgan fingerprint density at radius 2 is 1.59 bits per heavy atom. The Hall–Kier alpha value is -2.91. The van der Waals surface area contributed by atoms with Gasteiger partial charge in [-0.3, -0.25) is 9.59 Å². The molecule has 0 spiro atoms. The van der Waals surface area contributed by atoms with Gasteiger partial charge in [0.05, 0.1) is 24.5 Å². The molecule has 0 fully saturated rings. The van der Waals surface area contributed by atoms with E-state index in [-0.39, 0.29) is 18.0 Å². The molecule has 0 unspecified atom stereocenters. The van der Waals surface area contributed by atoms with E-state index in [2.05, 4.69) is 15.4 Å². The smallest absolute Gasteiger partial charge is 0.241 e. The zero-order valence-electron chi connectivity index (χ0n) is 16.4. The van der Waals surface area contributed by atoms with Gasteiger partial charge in [0.2, 0.25) is 21.8 Å². The Morgan fingerprint density at radius 1 is 0.897 bits per heavy atom. The van der Waals surface area contributed by atoms with Crippen LogP contribution in [0.1, 0.15) is 11.1 Å². The highest BCUT2D eigenvalue weighted by molar-refractivity contribution is 7.89. The molecule has 2 rings (SSSR count). The Bertz CT molecular complexity index is 943. The van der Waals surface area contributed by atoms with Crippen LogP contribution >= 0.6 is 0 Å². The molecule has 8 nitrogen and oxygen atoms in total. The van der Waals surface area contributed by atoms with Crippen LogP contribution in [0.4, 0.5) is 0 Å². The van der Waals surface area contributed by atoms with Gasteiger partial charge in [0, 0.05) is 0 Å². The van der Waals surface area contributed by atoms with Crippen LogP contribution in [0.5, 0.6) is 5.75 Å². The number of sulfonamides is 1. The Kier molecular flexibility index (Phi) is 8.17. The van der Waals surface area contributed by atoms with Crippen molar-refractivity contribution in [1.82, 2.24) is 15.4 Å². The minimum Gasteiger partial charge on any atom is -0.492 e. The summed E-state index contributed by atoms with van der Waals surface area (Å²) < 4.78 is 31.9. The van der Waals surface area contributed by atoms with E-state index in [9.17, 15) is 18.0 Å². The molecule has 2 aromatic carbocycles. The number of nitrogens with one attached hydrogen (secondary N) is 3. The summed E-state index contributed by atoms with van der Waals surface area (Å²) in [5, 5.41) is 4.97. The first-order chi connectivity index (χ1) is 13.8. The molecule has 0 bridgehead atoms. The van der Waals surface area contributed by atoms with Gasteiger partial charge in [0.25, 0.3) is 0 Å². The fourth-order valence-corrected chi connectivity index (χ4v) is 3.31. The van der Waals surface area contributed by atoms with Crippen molar-refractivity contribution in [1.29, 1.82) is 0 Å². The van der Waals surface area contributed by atoms with E-state index in [0.717, 1.165) is 11.1 Å². The maximum Gasteiger partial charge on any atom is 0.241 e. The lowest BCUT2D eigenvalue weighted by molar-refractivity contribution is -0.125. The Morgan fingerprint density at radius 3 is 2.28 bits per heavy atom. The van der Waals surface area contributed by atoms with Gasteiger partial charge in [-0.15, -0.1) is 0 Å². The van der Waals surface area contributed by atoms with Gasteiger partial charge in [-0.25, -0.2) is 13.1 Å². The zero-order chi connectivity index (χ0) is 21.3. The second-order valence-corrected chi connectivity index (χ2v) is 8.20. The van der Waals surface area contributed by atoms with Gasteiger partial charge >= 0.3 is 0 Å². The number of carbonyl (C=O) groups is 2. The molecule has 0 saturated heterocycles. The van der Waals surface area contributed by atoms with Gasteiger partial charge in [0.1, 0.15) is 12.4 Å². The van der Waals surface area contributed by atoms with Gasteiger partial charge in [-0.05, 0) is 43.7 Å². The van der Waals surface area contributed by atoms with Crippen LogP contribution < -0.4 is 20.1 Å². The molecule has 0 aliphatic rings. The summed E-state index contributed by atoms with van der Waals surface area (Å²) >= 11 is 0. The van der Waals surface area contributed by atoms with Gasteiger partial charge in [-0.1, -0.05) is 29.8 Å². The van der Waals surface area contributed by atoms with Crippen LogP contribution in [0.25, 0.3) is 0 Å². The average Bonchev–Trinajstić information content (AvgIpc) is 2.68. The zero-order valence-corrected chi connectivity index (χ0v) is 17.2. The van der Waals surface area contributed by atoms with E-state index in [1.165, 1.54) is 12.1 Å². The quantitative estimate of drug-likeness (QED) is 0.495. The Labute approximate surface area is 170 Å². The number of ether oxygens (including phenoxy) is 1. The SMILES string of the molecule is Cc1ccc(S(=O)(=O)NCC(=O)NCC(=O)NCCOc2cccc(C)c2)cc1. The monoisotopic (exact) mass is 419 g/mol. The minimum absolute atomic E-state index is 0.0715. The molecular weight excluding hydrogens is 394 g/mol. The summed E-state index contributed by atoms with van der Waals surface area (Å²) in [6.07, 6.45) is 0. The highest BCUT2D eigenvalue weighted by Crippen LogP contribution is 2.11. The van der Waals surface area contributed by atoms with Crippen LogP contribution in [0.2, 0.25) is 0 Å². The van der Waals surface area contributed by atoms with Gasteiger partial charge < -0.3 is 15.4 Å². The van der Waals surface area contributed by atoms with Gasteiger partial charge in [-0.2, -0.15) is 0 Å². The Balaban J connectivity index is 1.64. The van der Waals surface area contributed by atoms with Crippen molar-refractivity contribution in [2.75, 3.05) is 26.2 Å². The van der Waals surface area contributed by atoms with Crippen molar-refractivity contribution < 1.29 is 22.7 Å². The molecule has 156 valence electrons. The summed E-state index contributed by atoms with van der Waals surface area (Å²) in [5.74, 6) is -0.284. The topological polar surface area (TPSA) is 114 Å². The molecule has 0 saturated carbocycles. The first kappa shape index (κ1) is 22.4. The second-order valence-electron chi connectivity index (χ2n) is 6.43. The fraction of sp³-hybridized carbons (Fsp3) is 0.300.